The average molecular weight is 372 g/mol. The molecule has 0 N–H and O–H groups in total. The molecular weight excluding hydrogens is 348 g/mol. The van der Waals surface area contributed by atoms with Gasteiger partial charge in [-0.2, -0.15) is 0 Å². The summed E-state index contributed by atoms with van der Waals surface area (Å²) in [5.74, 6) is -0.533. The van der Waals surface area contributed by atoms with Crippen LogP contribution in [0.25, 0.3) is 0 Å². The van der Waals surface area contributed by atoms with Crippen LogP contribution >= 0.6 is 0 Å². The highest BCUT2D eigenvalue weighted by atomic mass is 32.2. The maximum Gasteiger partial charge on any atom is 0.217 e. The van der Waals surface area contributed by atoms with E-state index in [9.17, 15) is 13.8 Å². The molecular formula is C21H24O4S. The van der Waals surface area contributed by atoms with Crippen molar-refractivity contribution in [3.05, 3.63) is 52.8 Å². The SMILES string of the molecule is COC1=CC(=O)[C@]2(C)CC(C)=C(C)C[C@]2([S@](=O)c2ccc(C)cc2)C1=O. The van der Waals surface area contributed by atoms with Gasteiger partial charge in [-0.1, -0.05) is 35.8 Å². The molecule has 4 nitrogen and oxygen atoms in total. The first kappa shape index (κ1) is 18.8. The van der Waals surface area contributed by atoms with Crippen LogP contribution in [0.15, 0.2) is 52.1 Å². The lowest BCUT2D eigenvalue weighted by Crippen LogP contribution is -2.63. The molecule has 0 unspecified atom stereocenters. The van der Waals surface area contributed by atoms with Gasteiger partial charge in [0.25, 0.3) is 0 Å². The van der Waals surface area contributed by atoms with Crippen LogP contribution in [0.2, 0.25) is 0 Å². The van der Waals surface area contributed by atoms with E-state index in [4.69, 9.17) is 4.74 Å². The molecule has 5 heteroatoms. The summed E-state index contributed by atoms with van der Waals surface area (Å²) in [6.07, 6.45) is 2.00. The second kappa shape index (κ2) is 6.31. The predicted octanol–water partition coefficient (Wildman–Crippen LogP) is 3.66. The maximum absolute atomic E-state index is 13.8. The maximum atomic E-state index is 13.8. The van der Waals surface area contributed by atoms with E-state index in [-0.39, 0.29) is 17.3 Å². The summed E-state index contributed by atoms with van der Waals surface area (Å²) < 4.78 is 17.6. The first-order valence-corrected chi connectivity index (χ1v) is 9.81. The number of rotatable bonds is 3. The molecule has 0 saturated carbocycles. The lowest BCUT2D eigenvalue weighted by atomic mass is 9.59. The Morgan fingerprint density at radius 3 is 2.15 bits per heavy atom. The van der Waals surface area contributed by atoms with Gasteiger partial charge in [0, 0.05) is 11.0 Å². The minimum absolute atomic E-state index is 0.000268. The van der Waals surface area contributed by atoms with E-state index in [1.54, 1.807) is 19.1 Å². The highest BCUT2D eigenvalue weighted by Crippen LogP contribution is 2.55. The van der Waals surface area contributed by atoms with Crippen molar-refractivity contribution in [3.8, 4) is 0 Å². The number of fused-ring (bicyclic) bond motifs is 1. The van der Waals surface area contributed by atoms with Gasteiger partial charge in [0.1, 0.15) is 4.75 Å². The number of carbonyl (C=O) groups is 2. The molecule has 1 aromatic carbocycles. The number of ether oxygens (including phenoxy) is 1. The van der Waals surface area contributed by atoms with Crippen molar-refractivity contribution in [2.45, 2.75) is 50.2 Å². The minimum atomic E-state index is -1.69. The van der Waals surface area contributed by atoms with Gasteiger partial charge in [-0.15, -0.1) is 0 Å². The zero-order valence-corrected chi connectivity index (χ0v) is 16.7. The van der Waals surface area contributed by atoms with Crippen molar-refractivity contribution >= 4 is 22.4 Å². The summed E-state index contributed by atoms with van der Waals surface area (Å²) in [4.78, 5) is 27.0. The minimum Gasteiger partial charge on any atom is -0.493 e. The van der Waals surface area contributed by atoms with E-state index in [0.717, 1.165) is 16.7 Å². The molecule has 26 heavy (non-hydrogen) atoms. The van der Waals surface area contributed by atoms with Crippen molar-refractivity contribution in [1.82, 2.24) is 0 Å². The molecule has 2 aliphatic rings. The molecule has 1 aromatic rings. The van der Waals surface area contributed by atoms with Crippen LogP contribution < -0.4 is 0 Å². The Balaban J connectivity index is 2.28. The third kappa shape index (κ3) is 2.44. The zero-order valence-electron chi connectivity index (χ0n) is 15.8. The van der Waals surface area contributed by atoms with E-state index < -0.39 is 21.0 Å². The Morgan fingerprint density at radius 1 is 1.00 bits per heavy atom. The fourth-order valence-corrected chi connectivity index (χ4v) is 6.06. The molecule has 3 rings (SSSR count). The molecule has 0 saturated heterocycles. The molecule has 0 heterocycles. The van der Waals surface area contributed by atoms with Gasteiger partial charge in [0.2, 0.25) is 5.78 Å². The first-order chi connectivity index (χ1) is 12.2. The zero-order chi connectivity index (χ0) is 19.3. The smallest absolute Gasteiger partial charge is 0.217 e. The highest BCUT2D eigenvalue weighted by molar-refractivity contribution is 7.87. The van der Waals surface area contributed by atoms with E-state index >= 15 is 0 Å². The van der Waals surface area contributed by atoms with Crippen molar-refractivity contribution in [1.29, 1.82) is 0 Å². The Bertz CT molecular complexity index is 878. The summed E-state index contributed by atoms with van der Waals surface area (Å²) in [6, 6.07) is 7.31. The predicted molar refractivity (Wildman–Crippen MR) is 101 cm³/mol. The molecule has 0 fully saturated rings. The number of methoxy groups -OCH3 is 1. The lowest BCUT2D eigenvalue weighted by Gasteiger charge is -2.50. The topological polar surface area (TPSA) is 60.4 Å². The van der Waals surface area contributed by atoms with Crippen molar-refractivity contribution in [2.24, 2.45) is 5.41 Å². The molecule has 0 aromatic heterocycles. The number of ketones is 2. The lowest BCUT2D eigenvalue weighted by molar-refractivity contribution is -0.136. The number of aryl methyl sites for hydroxylation is 1. The van der Waals surface area contributed by atoms with E-state index in [0.29, 0.717) is 17.7 Å². The van der Waals surface area contributed by atoms with Gasteiger partial charge in [-0.05, 0) is 45.7 Å². The summed E-state index contributed by atoms with van der Waals surface area (Å²) in [5.41, 5.74) is 2.09. The molecule has 2 aliphatic carbocycles. The number of hydrogen-bond acceptors (Lipinski definition) is 4. The Labute approximate surface area is 156 Å². The van der Waals surface area contributed by atoms with Gasteiger partial charge < -0.3 is 4.74 Å². The number of Topliss-reactive ketones (excluding diaryl/α,β-unsaturated/α-hetero) is 1. The quantitative estimate of drug-likeness (QED) is 0.760. The second-order valence-corrected chi connectivity index (χ2v) is 9.27. The molecule has 0 spiro atoms. The number of benzene rings is 1. The number of hydrogen-bond donors (Lipinski definition) is 0. The fraction of sp³-hybridized carbons (Fsp3) is 0.429. The van der Waals surface area contributed by atoms with E-state index in [1.165, 1.54) is 13.2 Å². The van der Waals surface area contributed by atoms with Crippen molar-refractivity contribution < 1.29 is 18.5 Å². The standard InChI is InChI=1S/C21H24O4S/c1-13-6-8-16(9-7-13)26(24)21-12-15(3)14(2)11-20(21,4)18(22)10-17(25-5)19(21)23/h6-10H,11-12H2,1-5H3/t20-,21-,26+/m0/s1. The van der Waals surface area contributed by atoms with Crippen LogP contribution in [0.4, 0.5) is 0 Å². The summed E-state index contributed by atoms with van der Waals surface area (Å²) in [6.45, 7) is 7.66. The largest absolute Gasteiger partial charge is 0.493 e. The summed E-state index contributed by atoms with van der Waals surface area (Å²) >= 11 is 0. The van der Waals surface area contributed by atoms with Gasteiger partial charge >= 0.3 is 0 Å². The molecule has 138 valence electrons. The number of allylic oxidation sites excluding steroid dienone is 4. The molecule has 0 bridgehead atoms. The third-order valence-corrected chi connectivity index (χ3v) is 8.03. The van der Waals surface area contributed by atoms with E-state index in [2.05, 4.69) is 0 Å². The highest BCUT2D eigenvalue weighted by Gasteiger charge is 2.65. The van der Waals surface area contributed by atoms with Crippen LogP contribution in [-0.2, 0) is 25.1 Å². The molecule has 0 radical (unpaired) electrons. The van der Waals surface area contributed by atoms with Crippen LogP contribution in [0.1, 0.15) is 39.2 Å². The van der Waals surface area contributed by atoms with E-state index in [1.807, 2.05) is 32.9 Å². The third-order valence-electron chi connectivity index (χ3n) is 5.92. The monoisotopic (exact) mass is 372 g/mol. The normalized spacial score (nSPS) is 30.0. The van der Waals surface area contributed by atoms with Gasteiger partial charge in [-0.25, -0.2) is 0 Å². The Kier molecular flexibility index (Phi) is 4.55. The fourth-order valence-electron chi connectivity index (χ4n) is 4.07. The molecule has 0 amide bonds. The van der Waals surface area contributed by atoms with Crippen molar-refractivity contribution in [3.63, 3.8) is 0 Å². The Morgan fingerprint density at radius 2 is 1.58 bits per heavy atom. The Hall–Kier alpha value is -2.01. The van der Waals surface area contributed by atoms with Crippen LogP contribution in [0, 0.1) is 12.3 Å². The average Bonchev–Trinajstić information content (AvgIpc) is 2.61. The molecule has 0 aliphatic heterocycles. The van der Waals surface area contributed by atoms with Gasteiger partial charge in [0.05, 0.1) is 23.3 Å². The first-order valence-electron chi connectivity index (χ1n) is 8.66. The second-order valence-electron chi connectivity index (χ2n) is 7.56. The summed E-state index contributed by atoms with van der Waals surface area (Å²) in [5, 5.41) is 0. The number of carbonyl (C=O) groups excluding carboxylic acids is 2. The molecule has 3 atom stereocenters. The van der Waals surface area contributed by atoms with Crippen molar-refractivity contribution in [2.75, 3.05) is 7.11 Å². The van der Waals surface area contributed by atoms with Gasteiger partial charge in [-0.3, -0.25) is 13.8 Å². The summed E-state index contributed by atoms with van der Waals surface area (Å²) in [7, 11) is -0.315. The van der Waals surface area contributed by atoms with Crippen LogP contribution in [-0.4, -0.2) is 27.6 Å². The van der Waals surface area contributed by atoms with Gasteiger partial charge in [0.15, 0.2) is 11.5 Å². The van der Waals surface area contributed by atoms with Crippen LogP contribution in [0.3, 0.4) is 0 Å². The van der Waals surface area contributed by atoms with Crippen LogP contribution in [0.5, 0.6) is 0 Å².